The van der Waals surface area contributed by atoms with E-state index in [1.807, 2.05) is 11.9 Å². The molecule has 0 saturated carbocycles. The minimum atomic E-state index is -0.487. The van der Waals surface area contributed by atoms with Gasteiger partial charge >= 0.3 is 0 Å². The number of nitrogens with one attached hydrogen (secondary N) is 1. The lowest BCUT2D eigenvalue weighted by Gasteiger charge is -2.15. The maximum absolute atomic E-state index is 11.8. The molecule has 1 aromatic rings. The summed E-state index contributed by atoms with van der Waals surface area (Å²) >= 11 is 0. The second kappa shape index (κ2) is 9.04. The monoisotopic (exact) mass is 295 g/mol. The van der Waals surface area contributed by atoms with Gasteiger partial charge in [0, 0.05) is 51.0 Å². The minimum Gasteiger partial charge on any atom is -0.385 e. The van der Waals surface area contributed by atoms with E-state index in [0.717, 1.165) is 13.0 Å². The van der Waals surface area contributed by atoms with E-state index in [2.05, 4.69) is 5.32 Å². The van der Waals surface area contributed by atoms with Crippen LogP contribution in [-0.4, -0.2) is 49.6 Å². The number of ether oxygens (including phenoxy) is 1. The Morgan fingerprint density at radius 3 is 2.86 bits per heavy atom. The third-order valence-electron chi connectivity index (χ3n) is 2.95. The van der Waals surface area contributed by atoms with Gasteiger partial charge in [0.2, 0.25) is 5.91 Å². The zero-order valence-electron chi connectivity index (χ0n) is 12.4. The van der Waals surface area contributed by atoms with Gasteiger partial charge in [-0.1, -0.05) is 6.07 Å². The zero-order valence-corrected chi connectivity index (χ0v) is 12.4. The molecular formula is C14H21N3O4. The summed E-state index contributed by atoms with van der Waals surface area (Å²) in [5, 5.41) is 13.3. The zero-order chi connectivity index (χ0) is 15.7. The van der Waals surface area contributed by atoms with E-state index in [0.29, 0.717) is 25.3 Å². The Morgan fingerprint density at radius 1 is 1.43 bits per heavy atom. The van der Waals surface area contributed by atoms with Crippen molar-refractivity contribution in [1.29, 1.82) is 0 Å². The molecular weight excluding hydrogens is 274 g/mol. The minimum absolute atomic E-state index is 0.0375. The molecule has 0 unspecified atom stereocenters. The molecule has 0 spiro atoms. The van der Waals surface area contributed by atoms with E-state index in [4.69, 9.17) is 4.74 Å². The molecule has 21 heavy (non-hydrogen) atoms. The molecule has 0 aliphatic carbocycles. The molecule has 1 N–H and O–H groups in total. The van der Waals surface area contributed by atoms with Crippen molar-refractivity contribution >= 4 is 17.3 Å². The van der Waals surface area contributed by atoms with Crippen molar-refractivity contribution < 1.29 is 14.5 Å². The topological polar surface area (TPSA) is 84.7 Å². The maximum atomic E-state index is 11.8. The second-order valence-corrected chi connectivity index (χ2v) is 4.76. The number of anilines is 1. The fourth-order valence-electron chi connectivity index (χ4n) is 1.80. The van der Waals surface area contributed by atoms with Crippen molar-refractivity contribution in [3.63, 3.8) is 0 Å². The molecule has 0 fully saturated rings. The van der Waals surface area contributed by atoms with Gasteiger partial charge in [0.1, 0.15) is 0 Å². The summed E-state index contributed by atoms with van der Waals surface area (Å²) < 4.78 is 4.97. The number of amides is 1. The van der Waals surface area contributed by atoms with Gasteiger partial charge in [0.05, 0.1) is 4.92 Å². The Hall–Kier alpha value is -1.99. The standard InChI is InChI=1S/C14H21N3O4/c1-16(8-4-10-21-2)9-7-14(18)15-12-5-3-6-13(11-12)17(19)20/h3,5-6,11H,4,7-10H2,1-2H3,(H,15,18). The number of methoxy groups -OCH3 is 1. The molecule has 7 nitrogen and oxygen atoms in total. The van der Waals surface area contributed by atoms with Gasteiger partial charge in [-0.25, -0.2) is 0 Å². The predicted molar refractivity (Wildman–Crippen MR) is 80.3 cm³/mol. The van der Waals surface area contributed by atoms with Gasteiger partial charge in [-0.15, -0.1) is 0 Å². The number of nitrogens with zero attached hydrogens (tertiary/aromatic N) is 2. The van der Waals surface area contributed by atoms with Crippen LogP contribution in [0.3, 0.4) is 0 Å². The van der Waals surface area contributed by atoms with Crippen molar-refractivity contribution in [1.82, 2.24) is 4.90 Å². The molecule has 0 bridgehead atoms. The van der Waals surface area contributed by atoms with Crippen LogP contribution < -0.4 is 5.32 Å². The normalized spacial score (nSPS) is 10.6. The Labute approximate surface area is 124 Å². The van der Waals surface area contributed by atoms with E-state index < -0.39 is 4.92 Å². The first-order valence-corrected chi connectivity index (χ1v) is 6.74. The summed E-state index contributed by atoms with van der Waals surface area (Å²) in [6.45, 7) is 2.19. The van der Waals surface area contributed by atoms with Crippen LogP contribution in [0.2, 0.25) is 0 Å². The Morgan fingerprint density at radius 2 is 2.19 bits per heavy atom. The highest BCUT2D eigenvalue weighted by Crippen LogP contribution is 2.17. The smallest absolute Gasteiger partial charge is 0.271 e. The average Bonchev–Trinajstić information content (AvgIpc) is 2.45. The number of hydrogen-bond acceptors (Lipinski definition) is 5. The number of carbonyl (C=O) groups is 1. The Kier molecular flexibility index (Phi) is 7.34. The molecule has 1 amide bonds. The van der Waals surface area contributed by atoms with Crippen molar-refractivity contribution in [2.45, 2.75) is 12.8 Å². The van der Waals surface area contributed by atoms with Crippen LogP contribution in [0.4, 0.5) is 11.4 Å². The van der Waals surface area contributed by atoms with Crippen LogP contribution in [0.25, 0.3) is 0 Å². The quantitative estimate of drug-likeness (QED) is 0.427. The van der Waals surface area contributed by atoms with E-state index in [9.17, 15) is 14.9 Å². The van der Waals surface area contributed by atoms with Crippen molar-refractivity contribution in [2.75, 3.05) is 39.2 Å². The number of nitro benzene ring substituents is 1. The molecule has 0 radical (unpaired) electrons. The number of rotatable bonds is 9. The number of non-ortho nitro benzene ring substituents is 1. The molecule has 7 heteroatoms. The third-order valence-corrected chi connectivity index (χ3v) is 2.95. The first-order chi connectivity index (χ1) is 10.0. The van der Waals surface area contributed by atoms with Gasteiger partial charge in [0.15, 0.2) is 0 Å². The Balaban J connectivity index is 2.36. The molecule has 1 aromatic carbocycles. The first-order valence-electron chi connectivity index (χ1n) is 6.74. The van der Waals surface area contributed by atoms with Crippen LogP contribution in [-0.2, 0) is 9.53 Å². The summed E-state index contributed by atoms with van der Waals surface area (Å²) in [5.41, 5.74) is 0.403. The lowest BCUT2D eigenvalue weighted by Crippen LogP contribution is -2.25. The number of hydrogen-bond donors (Lipinski definition) is 1. The fraction of sp³-hybridized carbons (Fsp3) is 0.500. The highest BCUT2D eigenvalue weighted by Gasteiger charge is 2.09. The summed E-state index contributed by atoms with van der Waals surface area (Å²) in [4.78, 5) is 24.0. The molecule has 0 aliphatic heterocycles. The second-order valence-electron chi connectivity index (χ2n) is 4.76. The number of benzene rings is 1. The van der Waals surface area contributed by atoms with Crippen molar-refractivity contribution in [3.8, 4) is 0 Å². The maximum Gasteiger partial charge on any atom is 0.271 e. The molecule has 0 aromatic heterocycles. The van der Waals surface area contributed by atoms with Crippen LogP contribution in [0.15, 0.2) is 24.3 Å². The molecule has 0 aliphatic rings. The van der Waals surface area contributed by atoms with Gasteiger partial charge in [-0.05, 0) is 19.5 Å². The molecule has 0 atom stereocenters. The number of carbonyl (C=O) groups excluding carboxylic acids is 1. The van der Waals surface area contributed by atoms with Crippen molar-refractivity contribution in [2.24, 2.45) is 0 Å². The summed E-state index contributed by atoms with van der Waals surface area (Å²) in [7, 11) is 3.60. The fourth-order valence-corrected chi connectivity index (χ4v) is 1.80. The molecule has 116 valence electrons. The lowest BCUT2D eigenvalue weighted by atomic mass is 10.2. The van der Waals surface area contributed by atoms with Crippen LogP contribution in [0.1, 0.15) is 12.8 Å². The third kappa shape index (κ3) is 6.82. The highest BCUT2D eigenvalue weighted by molar-refractivity contribution is 5.91. The summed E-state index contributed by atoms with van der Waals surface area (Å²) in [5.74, 6) is -0.158. The van der Waals surface area contributed by atoms with E-state index in [1.54, 1.807) is 19.2 Å². The van der Waals surface area contributed by atoms with Gasteiger partial charge in [0.25, 0.3) is 5.69 Å². The predicted octanol–water partition coefficient (Wildman–Crippen LogP) is 1.89. The largest absolute Gasteiger partial charge is 0.385 e. The van der Waals surface area contributed by atoms with Gasteiger partial charge < -0.3 is 15.0 Å². The number of nitro groups is 1. The first kappa shape index (κ1) is 17.1. The Bertz CT molecular complexity index is 479. The van der Waals surface area contributed by atoms with Gasteiger partial charge in [-0.3, -0.25) is 14.9 Å². The summed E-state index contributed by atoms with van der Waals surface area (Å²) in [6, 6.07) is 5.91. The van der Waals surface area contributed by atoms with Crippen LogP contribution in [0, 0.1) is 10.1 Å². The van der Waals surface area contributed by atoms with E-state index in [1.165, 1.54) is 12.1 Å². The molecule has 0 heterocycles. The van der Waals surface area contributed by atoms with Crippen LogP contribution >= 0.6 is 0 Å². The van der Waals surface area contributed by atoms with Crippen molar-refractivity contribution in [3.05, 3.63) is 34.4 Å². The van der Waals surface area contributed by atoms with Gasteiger partial charge in [-0.2, -0.15) is 0 Å². The summed E-state index contributed by atoms with van der Waals surface area (Å²) in [6.07, 6.45) is 1.26. The van der Waals surface area contributed by atoms with E-state index >= 15 is 0 Å². The SMILES string of the molecule is COCCCN(C)CCC(=O)Nc1cccc([N+](=O)[O-])c1. The van der Waals surface area contributed by atoms with Crippen LogP contribution in [0.5, 0.6) is 0 Å². The highest BCUT2D eigenvalue weighted by atomic mass is 16.6. The molecule has 1 rings (SSSR count). The lowest BCUT2D eigenvalue weighted by molar-refractivity contribution is -0.384. The average molecular weight is 295 g/mol. The molecule has 0 saturated heterocycles. The van der Waals surface area contributed by atoms with E-state index in [-0.39, 0.29) is 11.6 Å².